The van der Waals surface area contributed by atoms with Crippen LogP contribution in [0, 0.1) is 16.7 Å². The second-order valence-electron chi connectivity index (χ2n) is 17.5. The molecule has 3 aliphatic rings. The number of nitrogens with one attached hydrogen (secondary N) is 3. The number of methoxy groups -OCH3 is 1. The molecule has 15 heteroatoms. The molecule has 1 saturated heterocycles. The van der Waals surface area contributed by atoms with Crippen LogP contribution >= 0.6 is 0 Å². The predicted molar refractivity (Wildman–Crippen MR) is 215 cm³/mol. The van der Waals surface area contributed by atoms with Gasteiger partial charge in [-0.3, -0.25) is 19.1 Å². The number of benzene rings is 2. The van der Waals surface area contributed by atoms with Gasteiger partial charge >= 0.3 is 6.09 Å². The minimum Gasteiger partial charge on any atom is -0.497 e. The van der Waals surface area contributed by atoms with E-state index in [-0.39, 0.29) is 31.4 Å². The number of likely N-dealkylation sites (tertiary alicyclic amines) is 1. The third kappa shape index (κ3) is 9.35. The molecule has 2 heterocycles. The Hall–Kier alpha value is -5.18. The van der Waals surface area contributed by atoms with Crippen molar-refractivity contribution in [2.45, 2.75) is 96.2 Å². The molecule has 14 nitrogen and oxygen atoms in total. The van der Waals surface area contributed by atoms with E-state index in [1.165, 1.54) is 11.0 Å². The van der Waals surface area contributed by atoms with E-state index in [0.29, 0.717) is 40.9 Å². The number of aromatic nitrogens is 1. The molecule has 1 aromatic heterocycles. The van der Waals surface area contributed by atoms with Gasteiger partial charge in [0.15, 0.2) is 0 Å². The molecule has 3 N–H and O–H groups in total. The number of hydrogen-bond acceptors (Lipinski definition) is 10. The molecule has 0 radical (unpaired) electrons. The second kappa shape index (κ2) is 15.6. The Balaban J connectivity index is 1.33. The van der Waals surface area contributed by atoms with Gasteiger partial charge in [0, 0.05) is 35.4 Å². The number of sulfonamides is 1. The molecule has 57 heavy (non-hydrogen) atoms. The van der Waals surface area contributed by atoms with E-state index in [9.17, 15) is 27.6 Å². The number of ether oxygens (including phenoxy) is 3. The Morgan fingerprint density at radius 1 is 1.04 bits per heavy atom. The van der Waals surface area contributed by atoms with Crippen LogP contribution in [0.1, 0.15) is 67.2 Å². The summed E-state index contributed by atoms with van der Waals surface area (Å²) in [7, 11) is -2.35. The van der Waals surface area contributed by atoms with Crippen LogP contribution in [0.2, 0.25) is 0 Å². The van der Waals surface area contributed by atoms with Gasteiger partial charge in [-0.25, -0.2) is 18.2 Å². The number of hydrogen-bond donors (Lipinski definition) is 3. The van der Waals surface area contributed by atoms with Crippen molar-refractivity contribution < 1.29 is 41.8 Å². The Labute approximate surface area is 334 Å². The van der Waals surface area contributed by atoms with Gasteiger partial charge in [0.05, 0.1) is 36.7 Å². The molecule has 2 saturated carbocycles. The lowest BCUT2D eigenvalue weighted by atomic mass is 9.85. The molecule has 2 aromatic carbocycles. The van der Waals surface area contributed by atoms with E-state index in [1.54, 1.807) is 40.0 Å². The van der Waals surface area contributed by atoms with Crippen LogP contribution < -0.4 is 24.8 Å². The Kier molecular flexibility index (Phi) is 11.4. The van der Waals surface area contributed by atoms with Gasteiger partial charge in [-0.05, 0) is 42.2 Å². The van der Waals surface area contributed by atoms with Crippen molar-refractivity contribution in [3.05, 3.63) is 67.3 Å². The van der Waals surface area contributed by atoms with Gasteiger partial charge in [-0.2, -0.15) is 0 Å². The van der Waals surface area contributed by atoms with Crippen LogP contribution in [0.3, 0.4) is 0 Å². The van der Waals surface area contributed by atoms with E-state index in [0.717, 1.165) is 5.56 Å². The molecule has 6 rings (SSSR count). The molecule has 5 atom stereocenters. The maximum atomic E-state index is 14.7. The standard InChI is InChI=1S/C42H53N5O9S/c1-9-26-22-42(26,38(50)46-57(52,53)29-16-17-29)45-36(48)33-20-28(23-47(33)37(49)35(41(5,6)7)44-39(51)55-24-40(2,3)4)56-34-21-31(25-13-11-10-12-14-25)43-32-19-27(54-8)15-18-30(32)34/h9-15,18-19,21,26,28-29,33,35H,1,16-17,20,22-24H2,2-8H3,(H,44,51)(H,45,48)(H,46,50)/t26-,28-,33+,35-,42-/m1/s1. The molecule has 1 aliphatic heterocycles. The van der Waals surface area contributed by atoms with Gasteiger partial charge < -0.3 is 29.7 Å². The van der Waals surface area contributed by atoms with Crippen LogP contribution in [-0.2, 0) is 29.1 Å². The molecular formula is C42H53N5O9S. The minimum absolute atomic E-state index is 0.0143. The predicted octanol–water partition coefficient (Wildman–Crippen LogP) is 5.12. The van der Waals surface area contributed by atoms with Crippen LogP contribution in [-0.4, -0.2) is 91.4 Å². The van der Waals surface area contributed by atoms with E-state index < -0.39 is 74.1 Å². The van der Waals surface area contributed by atoms with Crippen molar-refractivity contribution in [3.63, 3.8) is 0 Å². The van der Waals surface area contributed by atoms with Crippen LogP contribution in [0.4, 0.5) is 4.79 Å². The zero-order valence-electron chi connectivity index (χ0n) is 33.6. The van der Waals surface area contributed by atoms with Crippen LogP contribution in [0.5, 0.6) is 11.5 Å². The Bertz CT molecular complexity index is 2160. The zero-order chi connectivity index (χ0) is 41.5. The molecule has 2 aliphatic carbocycles. The Morgan fingerprint density at radius 3 is 2.33 bits per heavy atom. The number of alkyl carbamates (subject to hydrolysis) is 1. The first-order valence-electron chi connectivity index (χ1n) is 19.2. The monoisotopic (exact) mass is 803 g/mol. The van der Waals surface area contributed by atoms with Gasteiger partial charge in [0.2, 0.25) is 21.8 Å². The summed E-state index contributed by atoms with van der Waals surface area (Å²) >= 11 is 0. The Morgan fingerprint density at radius 2 is 1.74 bits per heavy atom. The van der Waals surface area contributed by atoms with E-state index in [1.807, 2.05) is 63.2 Å². The summed E-state index contributed by atoms with van der Waals surface area (Å²) in [4.78, 5) is 62.1. The summed E-state index contributed by atoms with van der Waals surface area (Å²) < 4.78 is 45.4. The fourth-order valence-corrected chi connectivity index (χ4v) is 8.35. The van der Waals surface area contributed by atoms with E-state index >= 15 is 0 Å². The third-order valence-corrected chi connectivity index (χ3v) is 12.3. The summed E-state index contributed by atoms with van der Waals surface area (Å²) in [6.07, 6.45) is 1.04. The lowest BCUT2D eigenvalue weighted by Crippen LogP contribution is -2.60. The lowest BCUT2D eigenvalue weighted by Gasteiger charge is -2.35. The third-order valence-electron chi connectivity index (χ3n) is 10.5. The summed E-state index contributed by atoms with van der Waals surface area (Å²) in [6, 6.07) is 14.5. The normalized spacial score (nSPS) is 22.6. The molecule has 0 bridgehead atoms. The average molecular weight is 804 g/mol. The smallest absolute Gasteiger partial charge is 0.407 e. The first-order valence-corrected chi connectivity index (χ1v) is 20.7. The van der Waals surface area contributed by atoms with Gasteiger partial charge in [-0.15, -0.1) is 6.58 Å². The van der Waals surface area contributed by atoms with Gasteiger partial charge in [-0.1, -0.05) is 78.0 Å². The summed E-state index contributed by atoms with van der Waals surface area (Å²) in [5.41, 5.74) is -0.636. The maximum absolute atomic E-state index is 14.7. The topological polar surface area (TPSA) is 182 Å². The maximum Gasteiger partial charge on any atom is 0.407 e. The molecule has 4 amide bonds. The van der Waals surface area contributed by atoms with Gasteiger partial charge in [0.1, 0.15) is 35.2 Å². The number of carbonyl (C=O) groups excluding carboxylic acids is 4. The number of amides is 4. The molecule has 3 fully saturated rings. The zero-order valence-corrected chi connectivity index (χ0v) is 34.4. The number of rotatable bonds is 13. The molecule has 0 unspecified atom stereocenters. The van der Waals surface area contributed by atoms with Crippen molar-refractivity contribution in [2.75, 3.05) is 20.3 Å². The first kappa shape index (κ1) is 41.5. The van der Waals surface area contributed by atoms with Crippen molar-refractivity contribution in [2.24, 2.45) is 16.7 Å². The highest BCUT2D eigenvalue weighted by atomic mass is 32.2. The highest BCUT2D eigenvalue weighted by Gasteiger charge is 2.62. The second-order valence-corrected chi connectivity index (χ2v) is 19.5. The van der Waals surface area contributed by atoms with Crippen molar-refractivity contribution in [1.29, 1.82) is 0 Å². The summed E-state index contributed by atoms with van der Waals surface area (Å²) in [6.45, 7) is 15.0. The SMILES string of the molecule is C=C[C@@H]1C[C@]1(NC(=O)[C@@H]1C[C@@H](Oc2cc(-c3ccccc3)nc3cc(OC)ccc23)CN1C(=O)[C@@H](NC(=O)OCC(C)(C)C)C(C)(C)C)C(=O)NS(=O)(=O)C1CC1. The van der Waals surface area contributed by atoms with E-state index in [2.05, 4.69) is 21.9 Å². The lowest BCUT2D eigenvalue weighted by molar-refractivity contribution is -0.142. The quantitative estimate of drug-likeness (QED) is 0.196. The largest absolute Gasteiger partial charge is 0.497 e. The van der Waals surface area contributed by atoms with Crippen LogP contribution in [0.25, 0.3) is 22.2 Å². The molecule has 306 valence electrons. The number of fused-ring (bicyclic) bond motifs is 1. The fourth-order valence-electron chi connectivity index (χ4n) is 6.99. The minimum atomic E-state index is -3.92. The number of carbonyl (C=O) groups is 4. The highest BCUT2D eigenvalue weighted by molar-refractivity contribution is 7.91. The average Bonchev–Trinajstić information content (AvgIpc) is 4.08. The van der Waals surface area contributed by atoms with Crippen molar-refractivity contribution in [1.82, 2.24) is 25.2 Å². The summed E-state index contributed by atoms with van der Waals surface area (Å²) in [5.74, 6) is -1.54. The molecule has 3 aromatic rings. The fraction of sp³-hybridized carbons (Fsp3) is 0.500. The van der Waals surface area contributed by atoms with Crippen LogP contribution in [0.15, 0.2) is 67.3 Å². The van der Waals surface area contributed by atoms with Crippen molar-refractivity contribution >= 4 is 44.7 Å². The van der Waals surface area contributed by atoms with Crippen molar-refractivity contribution in [3.8, 4) is 22.8 Å². The number of pyridine rings is 1. The summed E-state index contributed by atoms with van der Waals surface area (Å²) in [5, 5.41) is 5.58. The molecular weight excluding hydrogens is 751 g/mol. The molecule has 0 spiro atoms. The van der Waals surface area contributed by atoms with E-state index in [4.69, 9.17) is 19.2 Å². The highest BCUT2D eigenvalue weighted by Crippen LogP contribution is 2.46. The first-order chi connectivity index (χ1) is 26.7. The van der Waals surface area contributed by atoms with Gasteiger partial charge in [0.25, 0.3) is 5.91 Å². The number of nitrogens with zero attached hydrogens (tertiary/aromatic N) is 2.